The number of benzene rings is 2. The van der Waals surface area contributed by atoms with Crippen LogP contribution in [0.2, 0.25) is 0 Å². The smallest absolute Gasteiger partial charge is 0.325 e. The van der Waals surface area contributed by atoms with E-state index in [0.29, 0.717) is 13.0 Å². The van der Waals surface area contributed by atoms with Crippen molar-refractivity contribution in [3.63, 3.8) is 0 Å². The third-order valence-electron chi connectivity index (χ3n) is 7.60. The lowest BCUT2D eigenvalue weighted by Crippen LogP contribution is -2.57. The zero-order valence-corrected chi connectivity index (χ0v) is 21.3. The van der Waals surface area contributed by atoms with Crippen molar-refractivity contribution < 1.29 is 19.1 Å². The number of rotatable bonds is 9. The molecule has 4 rings (SSSR count). The molecule has 2 aliphatic rings. The maximum Gasteiger partial charge on any atom is 0.325 e. The maximum atomic E-state index is 13.8. The molecule has 0 saturated carbocycles. The van der Waals surface area contributed by atoms with Gasteiger partial charge in [0.2, 0.25) is 0 Å². The van der Waals surface area contributed by atoms with Gasteiger partial charge in [0.05, 0.1) is 20.3 Å². The molecule has 1 atom stereocenters. The second-order valence-electron chi connectivity index (χ2n) is 9.85. The molecule has 1 N–H and O–H groups in total. The molecule has 2 aromatic carbocycles. The number of methoxy groups -OCH3 is 2. The Balaban J connectivity index is 1.53. The molecular formula is C28H37N3O4. The Morgan fingerprint density at radius 3 is 2.46 bits per heavy atom. The highest BCUT2D eigenvalue weighted by Crippen LogP contribution is 2.37. The fourth-order valence-corrected chi connectivity index (χ4v) is 5.42. The van der Waals surface area contributed by atoms with E-state index >= 15 is 0 Å². The predicted octanol–water partition coefficient (Wildman–Crippen LogP) is 3.70. The average Bonchev–Trinajstić information content (AvgIpc) is 3.10. The Hall–Kier alpha value is -2.90. The van der Waals surface area contributed by atoms with E-state index in [1.165, 1.54) is 21.6 Å². The molecule has 2 aromatic rings. The number of carbonyl (C=O) groups excluding carboxylic acids is 2. The van der Waals surface area contributed by atoms with E-state index in [9.17, 15) is 9.59 Å². The second kappa shape index (κ2) is 10.8. The van der Waals surface area contributed by atoms with Crippen LogP contribution in [0.25, 0.3) is 0 Å². The summed E-state index contributed by atoms with van der Waals surface area (Å²) in [4.78, 5) is 30.5. The van der Waals surface area contributed by atoms with E-state index in [4.69, 9.17) is 9.47 Å². The normalized spacial score (nSPS) is 21.4. The molecular weight excluding hydrogens is 442 g/mol. The van der Waals surface area contributed by atoms with Gasteiger partial charge in [0.1, 0.15) is 11.3 Å². The molecule has 7 nitrogen and oxygen atoms in total. The highest BCUT2D eigenvalue weighted by Gasteiger charge is 2.55. The van der Waals surface area contributed by atoms with Crippen LogP contribution in [0.5, 0.6) is 5.75 Å². The van der Waals surface area contributed by atoms with Gasteiger partial charge in [-0.1, -0.05) is 30.3 Å². The molecule has 35 heavy (non-hydrogen) atoms. The minimum atomic E-state index is -0.955. The van der Waals surface area contributed by atoms with Crippen molar-refractivity contribution in [1.29, 1.82) is 0 Å². The van der Waals surface area contributed by atoms with Gasteiger partial charge in [-0.3, -0.25) is 14.6 Å². The quantitative estimate of drug-likeness (QED) is 0.556. The van der Waals surface area contributed by atoms with Gasteiger partial charge in [-0.15, -0.1) is 0 Å². The molecule has 3 amide bonds. The van der Waals surface area contributed by atoms with Crippen LogP contribution in [0.15, 0.2) is 42.5 Å². The fraction of sp³-hybridized carbons (Fsp3) is 0.500. The number of hydrogen-bond donors (Lipinski definition) is 1. The van der Waals surface area contributed by atoms with Crippen LogP contribution in [0, 0.1) is 19.8 Å². The van der Waals surface area contributed by atoms with Crippen molar-refractivity contribution in [1.82, 2.24) is 15.1 Å². The lowest BCUT2D eigenvalue weighted by atomic mass is 9.73. The molecule has 0 bridgehead atoms. The lowest BCUT2D eigenvalue weighted by Gasteiger charge is -2.41. The van der Waals surface area contributed by atoms with Crippen molar-refractivity contribution in [2.45, 2.75) is 45.2 Å². The molecule has 0 spiro atoms. The second-order valence-corrected chi connectivity index (χ2v) is 9.85. The van der Waals surface area contributed by atoms with Gasteiger partial charge in [-0.2, -0.15) is 0 Å². The van der Waals surface area contributed by atoms with Crippen molar-refractivity contribution >= 4 is 11.9 Å². The third kappa shape index (κ3) is 5.36. The Labute approximate surface area is 208 Å². The van der Waals surface area contributed by atoms with Gasteiger partial charge in [-0.25, -0.2) is 4.79 Å². The first kappa shape index (κ1) is 25.2. The van der Waals surface area contributed by atoms with E-state index in [-0.39, 0.29) is 24.4 Å². The molecule has 2 saturated heterocycles. The highest BCUT2D eigenvalue weighted by atomic mass is 16.5. The number of ether oxygens (including phenoxy) is 2. The Morgan fingerprint density at radius 2 is 1.77 bits per heavy atom. The Morgan fingerprint density at radius 1 is 1.00 bits per heavy atom. The van der Waals surface area contributed by atoms with Gasteiger partial charge in [0.25, 0.3) is 5.91 Å². The molecule has 2 fully saturated rings. The van der Waals surface area contributed by atoms with Gasteiger partial charge in [0.15, 0.2) is 0 Å². The summed E-state index contributed by atoms with van der Waals surface area (Å²) in [5, 5.41) is 3.13. The summed E-state index contributed by atoms with van der Waals surface area (Å²) in [6.07, 6.45) is 2.14. The van der Waals surface area contributed by atoms with Crippen LogP contribution in [-0.2, 0) is 22.5 Å². The summed E-state index contributed by atoms with van der Waals surface area (Å²) in [7, 11) is 3.21. The van der Waals surface area contributed by atoms with Gasteiger partial charge >= 0.3 is 6.03 Å². The minimum Gasteiger partial charge on any atom is -0.497 e. The largest absolute Gasteiger partial charge is 0.497 e. The number of carbonyl (C=O) groups is 2. The molecule has 0 radical (unpaired) electrons. The Bertz CT molecular complexity index is 1060. The third-order valence-corrected chi connectivity index (χ3v) is 7.60. The lowest BCUT2D eigenvalue weighted by molar-refractivity contribution is -0.134. The van der Waals surface area contributed by atoms with Crippen LogP contribution in [-0.4, -0.2) is 67.7 Å². The molecule has 7 heteroatoms. The van der Waals surface area contributed by atoms with Gasteiger partial charge in [-0.05, 0) is 80.1 Å². The predicted molar refractivity (Wildman–Crippen MR) is 135 cm³/mol. The van der Waals surface area contributed by atoms with E-state index in [1.54, 1.807) is 14.2 Å². The molecule has 0 aromatic heterocycles. The van der Waals surface area contributed by atoms with Crippen LogP contribution in [0.3, 0.4) is 0 Å². The summed E-state index contributed by atoms with van der Waals surface area (Å²) >= 11 is 0. The number of amides is 3. The summed E-state index contributed by atoms with van der Waals surface area (Å²) in [6.45, 7) is 7.54. The zero-order chi connectivity index (χ0) is 25.0. The average molecular weight is 480 g/mol. The SMILES string of the molecule is COCCN1C(=O)N[C@](Cc2cccc(OC)c2)(C2CCN(Cc3ccc(C)c(C)c3)CC2)C1=O. The number of nitrogens with zero attached hydrogens (tertiary/aromatic N) is 2. The first-order valence-electron chi connectivity index (χ1n) is 12.4. The van der Waals surface area contributed by atoms with E-state index in [0.717, 1.165) is 43.8 Å². The molecule has 0 aliphatic carbocycles. The van der Waals surface area contributed by atoms with Crippen LogP contribution >= 0.6 is 0 Å². The number of imide groups is 1. The maximum absolute atomic E-state index is 13.8. The van der Waals surface area contributed by atoms with E-state index in [1.807, 2.05) is 24.3 Å². The van der Waals surface area contributed by atoms with Crippen LogP contribution < -0.4 is 10.1 Å². The molecule has 188 valence electrons. The summed E-state index contributed by atoms with van der Waals surface area (Å²) in [6, 6.07) is 14.1. The fourth-order valence-electron chi connectivity index (χ4n) is 5.42. The van der Waals surface area contributed by atoms with Crippen molar-refractivity contribution in [3.05, 3.63) is 64.7 Å². The number of piperidine rings is 1. The van der Waals surface area contributed by atoms with Crippen molar-refractivity contribution in [2.24, 2.45) is 5.92 Å². The zero-order valence-electron chi connectivity index (χ0n) is 21.3. The van der Waals surface area contributed by atoms with E-state index in [2.05, 4.69) is 42.3 Å². The number of hydrogen-bond acceptors (Lipinski definition) is 5. The van der Waals surface area contributed by atoms with Crippen LogP contribution in [0.1, 0.15) is 35.1 Å². The first-order valence-corrected chi connectivity index (χ1v) is 12.4. The summed E-state index contributed by atoms with van der Waals surface area (Å²) < 4.78 is 10.6. The topological polar surface area (TPSA) is 71.1 Å². The monoisotopic (exact) mass is 479 g/mol. The number of aryl methyl sites for hydroxylation is 2. The molecule has 2 heterocycles. The van der Waals surface area contributed by atoms with Crippen LogP contribution in [0.4, 0.5) is 4.79 Å². The standard InChI is InChI=1S/C28H37N3O4/c1-20-8-9-23(16-21(20)2)19-30-12-10-24(11-13-30)28(18-22-6-5-7-25(17-22)35-4)26(32)31(14-15-34-3)27(33)29-28/h5-9,16-17,24H,10-15,18-19H2,1-4H3,(H,29,33)/t28-/m1/s1. The van der Waals surface area contributed by atoms with Gasteiger partial charge < -0.3 is 14.8 Å². The first-order chi connectivity index (χ1) is 16.9. The molecule has 0 unspecified atom stereocenters. The number of urea groups is 1. The van der Waals surface area contributed by atoms with E-state index < -0.39 is 5.54 Å². The number of nitrogens with one attached hydrogen (secondary N) is 1. The van der Waals surface area contributed by atoms with Gasteiger partial charge in [0, 0.05) is 20.1 Å². The summed E-state index contributed by atoms with van der Waals surface area (Å²) in [5.74, 6) is 0.651. The molecule has 2 aliphatic heterocycles. The number of likely N-dealkylation sites (tertiary alicyclic amines) is 1. The minimum absolute atomic E-state index is 0.0497. The Kier molecular flexibility index (Phi) is 7.77. The van der Waals surface area contributed by atoms with Crippen molar-refractivity contribution in [2.75, 3.05) is 40.5 Å². The van der Waals surface area contributed by atoms with Crippen molar-refractivity contribution in [3.8, 4) is 5.75 Å². The summed E-state index contributed by atoms with van der Waals surface area (Å²) in [5.41, 5.74) is 3.95. The highest BCUT2D eigenvalue weighted by molar-refractivity contribution is 6.07.